The number of methoxy groups -OCH3 is 1. The lowest BCUT2D eigenvalue weighted by Gasteiger charge is -2.29. The number of anilines is 1. The highest BCUT2D eigenvalue weighted by Gasteiger charge is 2.23. The molecule has 3 heterocycles. The van der Waals surface area contributed by atoms with E-state index in [0.717, 1.165) is 29.1 Å². The minimum absolute atomic E-state index is 0.328. The normalized spacial score (nSPS) is 15.2. The van der Waals surface area contributed by atoms with Gasteiger partial charge in [-0.1, -0.05) is 4.85 Å². The van der Waals surface area contributed by atoms with E-state index < -0.39 is 0 Å². The molecule has 3 rings (SSSR count). The third-order valence-corrected chi connectivity index (χ3v) is 3.46. The number of aryl methyl sites for hydroxylation is 1. The first-order valence-corrected chi connectivity index (χ1v) is 6.62. The van der Waals surface area contributed by atoms with Crippen LogP contribution in [0.3, 0.4) is 0 Å². The highest BCUT2D eigenvalue weighted by molar-refractivity contribution is 5.91. The van der Waals surface area contributed by atoms with E-state index in [0.29, 0.717) is 36.6 Å². The second-order valence-corrected chi connectivity index (χ2v) is 4.63. The van der Waals surface area contributed by atoms with Gasteiger partial charge >= 0.3 is 6.47 Å². The molecule has 0 bridgehead atoms. The zero-order valence-electron chi connectivity index (χ0n) is 11.9. The number of aromatic nitrogens is 3. The molecule has 0 aliphatic carbocycles. The van der Waals surface area contributed by atoms with E-state index in [2.05, 4.69) is 15.0 Å². The fourth-order valence-electron chi connectivity index (χ4n) is 2.53. The number of fused-ring (bicyclic) bond motifs is 1. The molecule has 2 aromatic rings. The second-order valence-electron chi connectivity index (χ2n) is 4.63. The van der Waals surface area contributed by atoms with Gasteiger partial charge in [0.05, 0.1) is 37.6 Å². The third-order valence-electron chi connectivity index (χ3n) is 3.46. The van der Waals surface area contributed by atoms with Gasteiger partial charge in [-0.25, -0.2) is 4.98 Å². The molecule has 0 atom stereocenters. The fourth-order valence-corrected chi connectivity index (χ4v) is 2.53. The largest absolute Gasteiger partial charge is 0.492 e. The summed E-state index contributed by atoms with van der Waals surface area (Å²) >= 11 is 0. The summed E-state index contributed by atoms with van der Waals surface area (Å²) in [7, 11) is 1.59. The van der Waals surface area contributed by atoms with Crippen molar-refractivity contribution in [1.82, 2.24) is 14.9 Å². The average molecular weight is 292 g/mol. The molecule has 1 aliphatic heterocycles. The van der Waals surface area contributed by atoms with E-state index in [1.165, 1.54) is 0 Å². The summed E-state index contributed by atoms with van der Waals surface area (Å²) in [5.74, 6) is 1.38. The Morgan fingerprint density at radius 2 is 2.14 bits per heavy atom. The van der Waals surface area contributed by atoms with Gasteiger partial charge in [0.1, 0.15) is 5.52 Å². The van der Waals surface area contributed by atoms with Crippen molar-refractivity contribution in [3.8, 4) is 5.75 Å². The predicted octanol–water partition coefficient (Wildman–Crippen LogP) is 0.170. The number of carbonyl (C=O) groups excluding carboxylic acids is 1. The molecular weight excluding hydrogens is 276 g/mol. The van der Waals surface area contributed by atoms with Crippen molar-refractivity contribution in [2.24, 2.45) is 0 Å². The van der Waals surface area contributed by atoms with E-state index in [-0.39, 0.29) is 0 Å². The highest BCUT2D eigenvalue weighted by Crippen LogP contribution is 2.35. The number of carbonyl (C=O) groups is 1. The monoisotopic (exact) mass is 292 g/mol. The SMILES string of the molecule is COc1c(N2CCOCC2)nc(C)c2c1cnn2OC=O. The number of ether oxygens (including phenoxy) is 2. The smallest absolute Gasteiger partial charge is 0.323 e. The Kier molecular flexibility index (Phi) is 3.61. The molecule has 0 unspecified atom stereocenters. The van der Waals surface area contributed by atoms with Crippen molar-refractivity contribution in [1.29, 1.82) is 0 Å². The minimum atomic E-state index is 0.328. The molecule has 1 saturated heterocycles. The molecule has 8 nitrogen and oxygen atoms in total. The van der Waals surface area contributed by atoms with Crippen LogP contribution in [-0.2, 0) is 9.53 Å². The van der Waals surface area contributed by atoms with E-state index in [4.69, 9.17) is 14.3 Å². The fraction of sp³-hybridized carbons (Fsp3) is 0.462. The maximum absolute atomic E-state index is 10.5. The van der Waals surface area contributed by atoms with Crippen molar-refractivity contribution >= 4 is 23.2 Å². The summed E-state index contributed by atoms with van der Waals surface area (Å²) in [6, 6.07) is 0. The molecule has 0 saturated carbocycles. The van der Waals surface area contributed by atoms with Gasteiger partial charge in [0.25, 0.3) is 0 Å². The van der Waals surface area contributed by atoms with Crippen LogP contribution in [0.4, 0.5) is 5.82 Å². The summed E-state index contributed by atoms with van der Waals surface area (Å²) < 4.78 is 10.9. The van der Waals surface area contributed by atoms with Gasteiger partial charge in [-0.15, -0.1) is 5.10 Å². The van der Waals surface area contributed by atoms with Crippen molar-refractivity contribution in [2.75, 3.05) is 38.3 Å². The molecule has 1 aliphatic rings. The molecule has 112 valence electrons. The summed E-state index contributed by atoms with van der Waals surface area (Å²) in [5.41, 5.74) is 1.34. The Morgan fingerprint density at radius 1 is 1.38 bits per heavy atom. The van der Waals surface area contributed by atoms with Crippen LogP contribution in [0.25, 0.3) is 10.9 Å². The number of nitrogens with zero attached hydrogens (tertiary/aromatic N) is 4. The lowest BCUT2D eigenvalue weighted by Crippen LogP contribution is -2.37. The first-order chi connectivity index (χ1) is 10.3. The Balaban J connectivity index is 2.15. The lowest BCUT2D eigenvalue weighted by molar-refractivity contribution is -0.130. The number of hydrogen-bond donors (Lipinski definition) is 0. The maximum atomic E-state index is 10.5. The number of pyridine rings is 1. The molecule has 0 radical (unpaired) electrons. The van der Waals surface area contributed by atoms with Crippen LogP contribution in [0.1, 0.15) is 5.69 Å². The van der Waals surface area contributed by atoms with E-state index in [1.807, 2.05) is 6.92 Å². The summed E-state index contributed by atoms with van der Waals surface area (Å²) in [6.45, 7) is 5.01. The Labute approximate surface area is 121 Å². The van der Waals surface area contributed by atoms with Gasteiger partial charge < -0.3 is 19.2 Å². The molecule has 21 heavy (non-hydrogen) atoms. The van der Waals surface area contributed by atoms with Gasteiger partial charge in [-0.2, -0.15) is 0 Å². The first-order valence-electron chi connectivity index (χ1n) is 6.62. The minimum Gasteiger partial charge on any atom is -0.492 e. The van der Waals surface area contributed by atoms with E-state index in [1.54, 1.807) is 13.3 Å². The number of rotatable bonds is 4. The molecule has 0 aromatic carbocycles. The Bertz CT molecular complexity index is 664. The van der Waals surface area contributed by atoms with Gasteiger partial charge in [0.2, 0.25) is 0 Å². The van der Waals surface area contributed by atoms with Crippen LogP contribution in [0.2, 0.25) is 0 Å². The molecule has 0 amide bonds. The van der Waals surface area contributed by atoms with E-state index in [9.17, 15) is 4.79 Å². The summed E-state index contributed by atoms with van der Waals surface area (Å²) in [5, 5.41) is 4.80. The molecule has 0 N–H and O–H groups in total. The van der Waals surface area contributed by atoms with Crippen LogP contribution in [0.15, 0.2) is 6.20 Å². The van der Waals surface area contributed by atoms with Crippen molar-refractivity contribution in [3.63, 3.8) is 0 Å². The van der Waals surface area contributed by atoms with Gasteiger partial charge in [0.15, 0.2) is 11.6 Å². The van der Waals surface area contributed by atoms with Gasteiger partial charge in [-0.3, -0.25) is 4.79 Å². The predicted molar refractivity (Wildman–Crippen MR) is 74.5 cm³/mol. The van der Waals surface area contributed by atoms with Crippen LogP contribution in [-0.4, -0.2) is 54.8 Å². The molecule has 8 heteroatoms. The Morgan fingerprint density at radius 3 is 2.81 bits per heavy atom. The summed E-state index contributed by atoms with van der Waals surface area (Å²) in [4.78, 5) is 23.2. The Hall–Kier alpha value is -2.35. The van der Waals surface area contributed by atoms with E-state index >= 15 is 0 Å². The maximum Gasteiger partial charge on any atom is 0.323 e. The van der Waals surface area contributed by atoms with Crippen molar-refractivity contribution < 1.29 is 19.1 Å². The standard InChI is InChI=1S/C13H16N4O4/c1-9-11-10(7-14-17(11)21-8-18)12(19-2)13(15-9)16-3-5-20-6-4-16/h7-8H,3-6H2,1-2H3. The average Bonchev–Trinajstić information content (AvgIpc) is 2.93. The number of morpholine rings is 1. The van der Waals surface area contributed by atoms with Gasteiger partial charge in [-0.05, 0) is 6.92 Å². The first kappa shape index (κ1) is 13.6. The van der Waals surface area contributed by atoms with Gasteiger partial charge in [0, 0.05) is 13.1 Å². The van der Waals surface area contributed by atoms with Crippen LogP contribution < -0.4 is 14.5 Å². The zero-order valence-corrected chi connectivity index (χ0v) is 11.9. The molecule has 2 aromatic heterocycles. The number of hydrogen-bond acceptors (Lipinski definition) is 7. The molecule has 1 fully saturated rings. The van der Waals surface area contributed by atoms with Crippen LogP contribution >= 0.6 is 0 Å². The lowest BCUT2D eigenvalue weighted by atomic mass is 10.2. The topological polar surface area (TPSA) is 78.7 Å². The highest BCUT2D eigenvalue weighted by atomic mass is 16.7. The van der Waals surface area contributed by atoms with Crippen molar-refractivity contribution in [3.05, 3.63) is 11.9 Å². The third kappa shape index (κ3) is 2.27. The summed E-state index contributed by atoms with van der Waals surface area (Å²) in [6.07, 6.45) is 1.61. The second kappa shape index (κ2) is 5.57. The van der Waals surface area contributed by atoms with Crippen molar-refractivity contribution in [2.45, 2.75) is 6.92 Å². The van der Waals surface area contributed by atoms with Crippen LogP contribution in [0, 0.1) is 6.92 Å². The quantitative estimate of drug-likeness (QED) is 0.743. The zero-order chi connectivity index (χ0) is 14.8. The van der Waals surface area contributed by atoms with Crippen LogP contribution in [0.5, 0.6) is 5.75 Å². The molecular formula is C13H16N4O4. The molecule has 0 spiro atoms.